The van der Waals surface area contributed by atoms with Gasteiger partial charge in [-0.1, -0.05) is 17.7 Å². The Morgan fingerprint density at radius 3 is 2.74 bits per heavy atom. The Labute approximate surface area is 114 Å². The number of benzene rings is 1. The Morgan fingerprint density at radius 2 is 2.16 bits per heavy atom. The first-order valence-electron chi connectivity index (χ1n) is 6.90. The molecule has 0 saturated carbocycles. The Bertz CT molecular complexity index is 411. The number of amides is 1. The summed E-state index contributed by atoms with van der Waals surface area (Å²) in [6, 6.07) is 8.09. The topological polar surface area (TPSA) is 41.6 Å². The van der Waals surface area contributed by atoms with Gasteiger partial charge in [0.05, 0.1) is 0 Å². The predicted octanol–water partition coefficient (Wildman–Crippen LogP) is 1.58. The lowest BCUT2D eigenvalue weighted by Gasteiger charge is -2.27. The van der Waals surface area contributed by atoms with Crippen molar-refractivity contribution < 1.29 is 9.53 Å². The number of likely N-dealkylation sites (N-methyl/N-ethyl adjacent to an activating group) is 1. The Hall–Kier alpha value is -1.55. The normalized spacial score (nSPS) is 18.3. The highest BCUT2D eigenvalue weighted by atomic mass is 16.5. The maximum absolute atomic E-state index is 12.2. The minimum absolute atomic E-state index is 0.0665. The first-order valence-corrected chi connectivity index (χ1v) is 6.90. The SMILES string of the molecule is CCN(C(=O)COc1ccc(C)cc1)C1CCNC1. The average Bonchev–Trinajstić information content (AvgIpc) is 2.93. The fourth-order valence-electron chi connectivity index (χ4n) is 2.41. The van der Waals surface area contributed by atoms with E-state index in [0.717, 1.165) is 31.8 Å². The molecule has 1 N–H and O–H groups in total. The molecule has 1 fully saturated rings. The minimum atomic E-state index is 0.0665. The van der Waals surface area contributed by atoms with Crippen molar-refractivity contribution in [2.24, 2.45) is 0 Å². The molecule has 0 aliphatic carbocycles. The molecule has 1 aliphatic rings. The quantitative estimate of drug-likeness (QED) is 0.876. The number of ether oxygens (including phenoxy) is 1. The number of hydrogen-bond donors (Lipinski definition) is 1. The fourth-order valence-corrected chi connectivity index (χ4v) is 2.41. The van der Waals surface area contributed by atoms with Gasteiger partial charge in [-0.25, -0.2) is 0 Å². The van der Waals surface area contributed by atoms with Gasteiger partial charge in [-0.15, -0.1) is 0 Å². The lowest BCUT2D eigenvalue weighted by atomic mass is 10.2. The highest BCUT2D eigenvalue weighted by molar-refractivity contribution is 5.78. The van der Waals surface area contributed by atoms with E-state index in [2.05, 4.69) is 5.32 Å². The van der Waals surface area contributed by atoms with E-state index in [1.54, 1.807) is 0 Å². The molecule has 0 spiro atoms. The lowest BCUT2D eigenvalue weighted by Crippen LogP contribution is -2.43. The summed E-state index contributed by atoms with van der Waals surface area (Å²) in [6.45, 7) is 6.79. The zero-order chi connectivity index (χ0) is 13.7. The predicted molar refractivity (Wildman–Crippen MR) is 75.3 cm³/mol. The second-order valence-corrected chi connectivity index (χ2v) is 4.93. The van der Waals surface area contributed by atoms with Crippen LogP contribution in [0.3, 0.4) is 0 Å². The molecule has 4 heteroatoms. The van der Waals surface area contributed by atoms with E-state index in [-0.39, 0.29) is 12.5 Å². The van der Waals surface area contributed by atoms with Crippen molar-refractivity contribution >= 4 is 5.91 Å². The molecule has 1 aromatic carbocycles. The van der Waals surface area contributed by atoms with Crippen LogP contribution < -0.4 is 10.1 Å². The zero-order valence-electron chi connectivity index (χ0n) is 11.7. The summed E-state index contributed by atoms with van der Waals surface area (Å²) in [7, 11) is 0. The number of carbonyl (C=O) groups excluding carboxylic acids is 1. The van der Waals surface area contributed by atoms with Gasteiger partial charge < -0.3 is 15.0 Å². The molecule has 1 unspecified atom stereocenters. The van der Waals surface area contributed by atoms with Crippen LogP contribution in [0, 0.1) is 6.92 Å². The van der Waals surface area contributed by atoms with Gasteiger partial charge in [0, 0.05) is 19.1 Å². The standard InChI is InChI=1S/C15H22N2O2/c1-3-17(13-8-9-16-10-13)15(18)11-19-14-6-4-12(2)5-7-14/h4-7,13,16H,3,8-11H2,1-2H3. The van der Waals surface area contributed by atoms with Gasteiger partial charge >= 0.3 is 0 Å². The highest BCUT2D eigenvalue weighted by Crippen LogP contribution is 2.13. The van der Waals surface area contributed by atoms with Gasteiger partial charge in [0.2, 0.25) is 0 Å². The highest BCUT2D eigenvalue weighted by Gasteiger charge is 2.25. The number of aryl methyl sites for hydroxylation is 1. The average molecular weight is 262 g/mol. The number of nitrogens with zero attached hydrogens (tertiary/aromatic N) is 1. The third-order valence-electron chi connectivity index (χ3n) is 3.52. The van der Waals surface area contributed by atoms with Crippen LogP contribution >= 0.6 is 0 Å². The van der Waals surface area contributed by atoms with Crippen molar-refractivity contribution in [1.29, 1.82) is 0 Å². The van der Waals surface area contributed by atoms with Gasteiger partial charge in [-0.3, -0.25) is 4.79 Å². The van der Waals surface area contributed by atoms with E-state index in [1.165, 1.54) is 5.56 Å². The van der Waals surface area contributed by atoms with Gasteiger partial charge in [-0.2, -0.15) is 0 Å². The van der Waals surface area contributed by atoms with E-state index < -0.39 is 0 Å². The van der Waals surface area contributed by atoms with Gasteiger partial charge in [0.15, 0.2) is 6.61 Å². The maximum Gasteiger partial charge on any atom is 0.260 e. The van der Waals surface area contributed by atoms with Crippen molar-refractivity contribution in [2.45, 2.75) is 26.3 Å². The van der Waals surface area contributed by atoms with Crippen molar-refractivity contribution in [3.8, 4) is 5.75 Å². The molecule has 2 rings (SSSR count). The van der Waals surface area contributed by atoms with Crippen LogP contribution in [-0.4, -0.2) is 43.1 Å². The minimum Gasteiger partial charge on any atom is -0.484 e. The second-order valence-electron chi connectivity index (χ2n) is 4.93. The third-order valence-corrected chi connectivity index (χ3v) is 3.52. The van der Waals surface area contributed by atoms with Gasteiger partial charge in [0.1, 0.15) is 5.75 Å². The maximum atomic E-state index is 12.2. The molecular weight excluding hydrogens is 240 g/mol. The van der Waals surface area contributed by atoms with E-state index in [4.69, 9.17) is 4.74 Å². The smallest absolute Gasteiger partial charge is 0.260 e. The van der Waals surface area contributed by atoms with Crippen LogP contribution in [0.25, 0.3) is 0 Å². The molecule has 1 atom stereocenters. The van der Waals surface area contributed by atoms with Crippen LogP contribution in [0.1, 0.15) is 18.9 Å². The zero-order valence-corrected chi connectivity index (χ0v) is 11.7. The monoisotopic (exact) mass is 262 g/mol. The second kappa shape index (κ2) is 6.57. The molecular formula is C15H22N2O2. The lowest BCUT2D eigenvalue weighted by molar-refractivity contribution is -0.135. The van der Waals surface area contributed by atoms with Crippen LogP contribution in [0.2, 0.25) is 0 Å². The largest absolute Gasteiger partial charge is 0.484 e. The molecule has 1 aromatic rings. The van der Waals surface area contributed by atoms with E-state index in [1.807, 2.05) is 43.0 Å². The van der Waals surface area contributed by atoms with E-state index in [9.17, 15) is 4.79 Å². The summed E-state index contributed by atoms with van der Waals surface area (Å²) in [5.74, 6) is 0.816. The number of carbonyl (C=O) groups is 1. The number of hydrogen-bond acceptors (Lipinski definition) is 3. The van der Waals surface area contributed by atoms with Gasteiger partial charge in [0.25, 0.3) is 5.91 Å². The van der Waals surface area contributed by atoms with Crippen molar-refractivity contribution in [1.82, 2.24) is 10.2 Å². The summed E-state index contributed by atoms with van der Waals surface area (Å²) in [5, 5.41) is 3.29. The molecule has 4 nitrogen and oxygen atoms in total. The summed E-state index contributed by atoms with van der Waals surface area (Å²) < 4.78 is 5.55. The fraction of sp³-hybridized carbons (Fsp3) is 0.533. The van der Waals surface area contributed by atoms with E-state index >= 15 is 0 Å². The molecule has 0 bridgehead atoms. The van der Waals surface area contributed by atoms with E-state index in [0.29, 0.717) is 6.04 Å². The summed E-state index contributed by atoms with van der Waals surface area (Å²) in [4.78, 5) is 14.1. The van der Waals surface area contributed by atoms with Crippen LogP contribution in [0.5, 0.6) is 5.75 Å². The first kappa shape index (κ1) is 13.9. The molecule has 0 aromatic heterocycles. The molecule has 1 aliphatic heterocycles. The molecule has 1 heterocycles. The molecule has 0 radical (unpaired) electrons. The number of nitrogens with one attached hydrogen (secondary N) is 1. The Balaban J connectivity index is 1.86. The van der Waals surface area contributed by atoms with Crippen molar-refractivity contribution in [3.63, 3.8) is 0 Å². The summed E-state index contributed by atoms with van der Waals surface area (Å²) >= 11 is 0. The number of rotatable bonds is 5. The molecule has 19 heavy (non-hydrogen) atoms. The molecule has 104 valence electrons. The third kappa shape index (κ3) is 3.70. The van der Waals surface area contributed by atoms with Gasteiger partial charge in [-0.05, 0) is 38.9 Å². The van der Waals surface area contributed by atoms with Crippen LogP contribution in [0.4, 0.5) is 0 Å². The Morgan fingerprint density at radius 1 is 1.42 bits per heavy atom. The first-order chi connectivity index (χ1) is 9.20. The van der Waals surface area contributed by atoms with Crippen LogP contribution in [-0.2, 0) is 4.79 Å². The van der Waals surface area contributed by atoms with Crippen LogP contribution in [0.15, 0.2) is 24.3 Å². The Kier molecular flexibility index (Phi) is 4.80. The summed E-state index contributed by atoms with van der Waals surface area (Å²) in [6.07, 6.45) is 1.03. The summed E-state index contributed by atoms with van der Waals surface area (Å²) in [5.41, 5.74) is 1.19. The molecule has 1 amide bonds. The van der Waals surface area contributed by atoms with Crippen molar-refractivity contribution in [2.75, 3.05) is 26.2 Å². The molecule has 1 saturated heterocycles. The van der Waals surface area contributed by atoms with Crippen molar-refractivity contribution in [3.05, 3.63) is 29.8 Å².